The maximum absolute atomic E-state index is 13.1. The van der Waals surface area contributed by atoms with Crippen LogP contribution in [-0.2, 0) is 28.6 Å². The van der Waals surface area contributed by atoms with E-state index in [4.69, 9.17) is 45.6 Å². The highest BCUT2D eigenvalue weighted by Gasteiger charge is 2.37. The van der Waals surface area contributed by atoms with Gasteiger partial charge in [0.15, 0.2) is 0 Å². The second kappa shape index (κ2) is 41.6. The lowest BCUT2D eigenvalue weighted by Gasteiger charge is -2.20. The topological polar surface area (TPSA) is 368 Å². The Labute approximate surface area is 725 Å². The van der Waals surface area contributed by atoms with Gasteiger partial charge >= 0.3 is 0 Å². The van der Waals surface area contributed by atoms with Gasteiger partial charge in [-0.05, 0) is 136 Å². The molecule has 4 aliphatic rings. The highest BCUT2D eigenvalue weighted by molar-refractivity contribution is 6.06. The average Bonchev–Trinajstić information content (AvgIpc) is 1.59. The van der Waals surface area contributed by atoms with Crippen molar-refractivity contribution in [1.82, 2.24) is 73.0 Å². The van der Waals surface area contributed by atoms with Gasteiger partial charge in [-0.2, -0.15) is 15.8 Å². The van der Waals surface area contributed by atoms with Crippen LogP contribution < -0.4 is 31.4 Å². The Bertz CT molecular complexity index is 5950. The Hall–Kier alpha value is -14.2. The summed E-state index contributed by atoms with van der Waals surface area (Å²) in [5, 5.41) is 33.1. The molecule has 3 atom stereocenters. The first-order chi connectivity index (χ1) is 61.1. The summed E-state index contributed by atoms with van der Waals surface area (Å²) in [6.45, 7) is 9.34. The van der Waals surface area contributed by atoms with E-state index in [0.717, 1.165) is 60.1 Å². The van der Waals surface area contributed by atoms with Gasteiger partial charge in [-0.1, -0.05) is 109 Å². The second-order valence-electron chi connectivity index (χ2n) is 30.9. The molecule has 12 aromatic rings. The van der Waals surface area contributed by atoms with E-state index in [0.29, 0.717) is 199 Å². The lowest BCUT2D eigenvalue weighted by Crippen LogP contribution is -2.31. The number of amides is 3. The Morgan fingerprint density at radius 1 is 0.408 bits per heavy atom. The van der Waals surface area contributed by atoms with Crippen LogP contribution in [0, 0.1) is 34.0 Å². The quantitative estimate of drug-likeness (QED) is 0.0340. The molecule has 6 aromatic heterocycles. The highest BCUT2D eigenvalue weighted by atomic mass is 16.5. The molecule has 1 saturated carbocycles. The molecule has 640 valence electrons. The minimum absolute atomic E-state index is 0.00923. The summed E-state index contributed by atoms with van der Waals surface area (Å²) >= 11 is 0. The largest absolute Gasteiger partial charge is 0.457 e. The third-order valence-electron chi connectivity index (χ3n) is 22.7. The van der Waals surface area contributed by atoms with Crippen molar-refractivity contribution in [3.8, 4) is 86.1 Å². The number of hydrogen-bond acceptors (Lipinski definition) is 24. The number of carbonyl (C=O) groups is 3. The minimum Gasteiger partial charge on any atom is -0.457 e. The third-order valence-corrected chi connectivity index (χ3v) is 22.7. The molecule has 0 unspecified atom stereocenters. The summed E-state index contributed by atoms with van der Waals surface area (Å²) < 4.78 is 39.1. The SMILES string of the molecule is CN(C/C=C/C(=O)N1CC[C@@H](n2c(C#N)c(-c3ccc(Oc4ccccc4)cc3)c3c(N)ncnc32)C1)C1CC1.COCCN(C)C/C=C/C(=O)N1CC[C@@H](n2c(C#N)c(-c3ccc(Oc4ccccc4)cc3)c3c(N)ncnc32)C1.COCCN(C/C=C/C(=O)N1CC[C@@H](n2c(C#N)c(-c3ccc(Oc4ccccc4)cc3)c3c(N)ncnc32)C1)CCOC. The van der Waals surface area contributed by atoms with Gasteiger partial charge in [0.05, 0.1) is 54.1 Å². The summed E-state index contributed by atoms with van der Waals surface area (Å²) in [5.41, 5.74) is 26.7. The summed E-state index contributed by atoms with van der Waals surface area (Å²) in [7, 11) is 9.09. The minimum atomic E-state index is -0.145. The van der Waals surface area contributed by atoms with E-state index in [2.05, 4.69) is 69.9 Å². The predicted octanol–water partition coefficient (Wildman–Crippen LogP) is 13.3. The van der Waals surface area contributed by atoms with Crippen molar-refractivity contribution in [2.24, 2.45) is 0 Å². The van der Waals surface area contributed by atoms with Crippen LogP contribution in [0.25, 0.3) is 66.5 Å². The molecule has 0 radical (unpaired) electrons. The van der Waals surface area contributed by atoms with Crippen LogP contribution in [0.1, 0.15) is 67.3 Å². The van der Waals surface area contributed by atoms with Gasteiger partial charge < -0.3 is 78.9 Å². The molecule has 3 aliphatic heterocycles. The van der Waals surface area contributed by atoms with Crippen LogP contribution in [0.2, 0.25) is 0 Å². The number of carbonyl (C=O) groups excluding carboxylic acids is 3. The van der Waals surface area contributed by atoms with Crippen molar-refractivity contribution < 1.29 is 42.8 Å². The van der Waals surface area contributed by atoms with E-state index in [1.54, 1.807) is 39.6 Å². The second-order valence-corrected chi connectivity index (χ2v) is 30.9. The maximum Gasteiger partial charge on any atom is 0.246 e. The summed E-state index contributed by atoms with van der Waals surface area (Å²) in [6, 6.07) is 58.8. The number of fused-ring (bicyclic) bond motifs is 3. The predicted molar refractivity (Wildman–Crippen MR) is 479 cm³/mol. The molecule has 1 aliphatic carbocycles. The van der Waals surface area contributed by atoms with Crippen LogP contribution in [-0.4, -0.2) is 231 Å². The molecular formula is C95H101N21O9. The number of anilines is 3. The number of methoxy groups -OCH3 is 3. The van der Waals surface area contributed by atoms with Crippen molar-refractivity contribution in [1.29, 1.82) is 15.8 Å². The van der Waals surface area contributed by atoms with E-state index in [9.17, 15) is 30.2 Å². The van der Waals surface area contributed by atoms with Gasteiger partial charge in [0.25, 0.3) is 0 Å². The van der Waals surface area contributed by atoms with E-state index in [1.165, 1.54) is 31.8 Å². The highest BCUT2D eigenvalue weighted by Crippen LogP contribution is 2.45. The fraction of sp³-hybridized carbons (Fsp3) is 0.305. The van der Waals surface area contributed by atoms with E-state index in [1.807, 2.05) is 217 Å². The van der Waals surface area contributed by atoms with Gasteiger partial charge in [-0.25, -0.2) is 29.9 Å². The van der Waals surface area contributed by atoms with Crippen molar-refractivity contribution in [2.45, 2.75) is 56.3 Å². The van der Waals surface area contributed by atoms with Crippen LogP contribution in [0.3, 0.4) is 0 Å². The van der Waals surface area contributed by atoms with E-state index in [-0.39, 0.29) is 35.8 Å². The molecule has 6 N–H and O–H groups in total. The number of rotatable bonds is 31. The molecule has 0 bridgehead atoms. The van der Waals surface area contributed by atoms with Gasteiger partial charge in [0, 0.05) is 141 Å². The number of nitriles is 3. The van der Waals surface area contributed by atoms with Gasteiger partial charge in [-0.3, -0.25) is 24.2 Å². The number of likely N-dealkylation sites (tertiary alicyclic amines) is 3. The van der Waals surface area contributed by atoms with E-state index < -0.39 is 0 Å². The molecule has 0 spiro atoms. The van der Waals surface area contributed by atoms with E-state index >= 15 is 0 Å². The first-order valence-electron chi connectivity index (χ1n) is 41.6. The average molecular weight is 1680 g/mol. The number of nitrogens with two attached hydrogens (primary N) is 3. The van der Waals surface area contributed by atoms with Crippen LogP contribution in [0.4, 0.5) is 17.5 Å². The number of ether oxygens (including phenoxy) is 6. The van der Waals surface area contributed by atoms with Crippen molar-refractivity contribution in [3.05, 3.63) is 236 Å². The maximum atomic E-state index is 13.1. The third kappa shape index (κ3) is 20.8. The Balaban J connectivity index is 0.000000153. The standard InChI is InChI=1S/C33H37N7O4.C31H33N7O3.C31H31N7O2/c1-42-19-17-38(18-20-43-2)15-6-9-29(41)39-16-14-25(22-39)40-28(21-34)30(31-32(35)36-23-37-33(31)40)24-10-12-27(13-11-24)44-26-7-4-3-5-8-26;1-36(17-18-40-2)15-6-9-27(39)37-16-14-23(20-37)38-26(19-32)28(29-30(33)34-21-35-31(29)38)22-10-12-25(13-11-22)41-24-7-4-3-5-8-24;1-36(22-11-12-22)16-5-8-27(39)37-17-15-23(19-37)38-26(18-32)28(29-30(33)34-20-35-31(29)38)21-9-13-25(14-10-21)40-24-6-3-2-4-7-24/h3-13,23,25H,14-20,22H2,1-2H3,(H2,35,36,37);3-13,21,23H,14-18,20H2,1-2H3,(H2,33,34,35);2-10,13-14,20,22-23H,11-12,15-17,19H2,1H3,(H2,33,34,35)/b2*9-6+;8-5+/t25-;2*23-/m111/s1. The molecule has 16 rings (SSSR count). The number of aromatic nitrogens is 9. The lowest BCUT2D eigenvalue weighted by atomic mass is 10.0. The number of nitrogen functional groups attached to an aromatic ring is 3. The molecule has 125 heavy (non-hydrogen) atoms. The normalized spacial score (nSPS) is 15.7. The Morgan fingerprint density at radius 3 is 1.02 bits per heavy atom. The summed E-state index contributed by atoms with van der Waals surface area (Å²) in [4.78, 5) is 77.3. The van der Waals surface area contributed by atoms with Gasteiger partial charge in [-0.15, -0.1) is 0 Å². The number of para-hydroxylation sites is 3. The molecule has 4 fully saturated rings. The van der Waals surface area contributed by atoms with Crippen LogP contribution >= 0.6 is 0 Å². The summed E-state index contributed by atoms with van der Waals surface area (Å²) in [6.07, 6.45) is 19.4. The summed E-state index contributed by atoms with van der Waals surface area (Å²) in [5.74, 6) is 5.03. The first-order valence-corrected chi connectivity index (χ1v) is 41.6. The fourth-order valence-electron chi connectivity index (χ4n) is 16.1. The van der Waals surface area contributed by atoms with Gasteiger partial charge in [0.1, 0.15) is 123 Å². The Kier molecular flexibility index (Phi) is 29.0. The Morgan fingerprint density at radius 2 is 0.712 bits per heavy atom. The zero-order chi connectivity index (χ0) is 87.3. The molecule has 3 amide bonds. The first kappa shape index (κ1) is 87.2. The zero-order valence-corrected chi connectivity index (χ0v) is 70.7. The molecule has 30 nitrogen and oxygen atoms in total. The molecule has 30 heteroatoms. The van der Waals surface area contributed by atoms with Crippen molar-refractivity contribution in [2.75, 3.05) is 151 Å². The molecule has 3 saturated heterocycles. The molecule has 9 heterocycles. The van der Waals surface area contributed by atoms with Crippen LogP contribution in [0.5, 0.6) is 34.5 Å². The fourth-order valence-corrected chi connectivity index (χ4v) is 16.1. The monoisotopic (exact) mass is 1680 g/mol. The number of likely N-dealkylation sites (N-methyl/N-ethyl adjacent to an activating group) is 2. The molecule has 6 aromatic carbocycles. The van der Waals surface area contributed by atoms with Crippen molar-refractivity contribution >= 4 is 68.3 Å². The van der Waals surface area contributed by atoms with Gasteiger partial charge in [0.2, 0.25) is 17.7 Å². The zero-order valence-electron chi connectivity index (χ0n) is 70.7. The molecular weight excluding hydrogens is 1580 g/mol. The number of nitrogens with zero attached hydrogens (tertiary/aromatic N) is 18. The number of benzene rings is 6. The smallest absolute Gasteiger partial charge is 0.246 e. The lowest BCUT2D eigenvalue weighted by molar-refractivity contribution is -0.125. The van der Waals surface area contributed by atoms with Crippen molar-refractivity contribution in [3.63, 3.8) is 0 Å². The number of hydrogen-bond donors (Lipinski definition) is 3. The van der Waals surface area contributed by atoms with Crippen LogP contribution in [0.15, 0.2) is 219 Å².